The average molecular weight is 390 g/mol. The predicted molar refractivity (Wildman–Crippen MR) is 115 cm³/mol. The van der Waals surface area contributed by atoms with E-state index < -0.39 is 0 Å². The molecular formula is C25H18N4O. The van der Waals surface area contributed by atoms with Crippen LogP contribution in [0.3, 0.4) is 0 Å². The van der Waals surface area contributed by atoms with Crippen LogP contribution in [0.2, 0.25) is 0 Å². The van der Waals surface area contributed by atoms with Crippen molar-refractivity contribution in [2.24, 2.45) is 5.73 Å². The minimum absolute atomic E-state index is 0.107. The van der Waals surface area contributed by atoms with Crippen LogP contribution in [0, 0.1) is 11.3 Å². The molecule has 2 N–H and O–H groups in total. The van der Waals surface area contributed by atoms with E-state index in [0.717, 1.165) is 28.1 Å². The number of hydrogen-bond acceptors (Lipinski definition) is 4. The summed E-state index contributed by atoms with van der Waals surface area (Å²) in [4.78, 5) is 0. The average Bonchev–Trinajstić information content (AvgIpc) is 3.19. The van der Waals surface area contributed by atoms with Gasteiger partial charge in [-0.2, -0.15) is 15.0 Å². The number of para-hydroxylation sites is 1. The maximum Gasteiger partial charge on any atom is 0.229 e. The topological polar surface area (TPSA) is 76.9 Å². The van der Waals surface area contributed by atoms with E-state index in [2.05, 4.69) is 6.07 Å². The maximum absolute atomic E-state index is 9.91. The summed E-state index contributed by atoms with van der Waals surface area (Å²) in [6.45, 7) is 0. The van der Waals surface area contributed by atoms with Gasteiger partial charge in [-0.3, -0.25) is 0 Å². The Morgan fingerprint density at radius 1 is 0.867 bits per heavy atom. The Labute approximate surface area is 174 Å². The fourth-order valence-electron chi connectivity index (χ4n) is 3.87. The quantitative estimate of drug-likeness (QED) is 0.547. The SMILES string of the molecule is N#CC1=C(N)Oc2c(c(-c3ccccc3)nn2-c2ccccc2)[C@H]1c1ccccc1. The van der Waals surface area contributed by atoms with E-state index in [1.807, 2.05) is 91.0 Å². The van der Waals surface area contributed by atoms with Gasteiger partial charge >= 0.3 is 0 Å². The van der Waals surface area contributed by atoms with Crippen LogP contribution < -0.4 is 10.5 Å². The van der Waals surface area contributed by atoms with Crippen LogP contribution in [0.5, 0.6) is 5.88 Å². The van der Waals surface area contributed by atoms with Gasteiger partial charge in [-0.05, 0) is 17.7 Å². The van der Waals surface area contributed by atoms with Crippen molar-refractivity contribution in [1.29, 1.82) is 5.26 Å². The van der Waals surface area contributed by atoms with Crippen LogP contribution in [0.25, 0.3) is 16.9 Å². The van der Waals surface area contributed by atoms with Crippen molar-refractivity contribution in [3.8, 4) is 28.9 Å². The van der Waals surface area contributed by atoms with Crippen LogP contribution >= 0.6 is 0 Å². The molecule has 0 amide bonds. The molecule has 1 aliphatic heterocycles. The lowest BCUT2D eigenvalue weighted by atomic mass is 9.83. The zero-order valence-electron chi connectivity index (χ0n) is 16.1. The first-order valence-corrected chi connectivity index (χ1v) is 9.64. The number of hydrogen-bond donors (Lipinski definition) is 1. The number of benzene rings is 3. The van der Waals surface area contributed by atoms with Gasteiger partial charge in [-0.25, -0.2) is 0 Å². The lowest BCUT2D eigenvalue weighted by molar-refractivity contribution is 0.367. The Morgan fingerprint density at radius 3 is 2.10 bits per heavy atom. The Hall–Kier alpha value is -4.30. The number of rotatable bonds is 3. The zero-order valence-corrected chi connectivity index (χ0v) is 16.1. The van der Waals surface area contributed by atoms with E-state index in [-0.39, 0.29) is 11.8 Å². The van der Waals surface area contributed by atoms with Gasteiger partial charge in [0.05, 0.1) is 17.2 Å². The Bertz CT molecular complexity index is 1270. The molecule has 1 atom stereocenters. The molecule has 0 spiro atoms. The maximum atomic E-state index is 9.91. The molecule has 5 nitrogen and oxygen atoms in total. The molecule has 5 rings (SSSR count). The van der Waals surface area contributed by atoms with Crippen molar-refractivity contribution < 1.29 is 4.74 Å². The zero-order chi connectivity index (χ0) is 20.5. The Kier molecular flexibility index (Phi) is 4.30. The van der Waals surface area contributed by atoms with Crippen LogP contribution in [0.15, 0.2) is 102 Å². The summed E-state index contributed by atoms with van der Waals surface area (Å²) < 4.78 is 7.77. The van der Waals surface area contributed by atoms with Crippen molar-refractivity contribution in [2.75, 3.05) is 0 Å². The number of nitriles is 1. The molecule has 0 bridgehead atoms. The molecule has 0 radical (unpaired) electrons. The van der Waals surface area contributed by atoms with E-state index >= 15 is 0 Å². The summed E-state index contributed by atoms with van der Waals surface area (Å²) in [6, 6.07) is 31.8. The number of nitrogens with zero attached hydrogens (tertiary/aromatic N) is 3. The molecule has 0 aliphatic carbocycles. The monoisotopic (exact) mass is 390 g/mol. The minimum atomic E-state index is -0.368. The summed E-state index contributed by atoms with van der Waals surface area (Å²) in [5.41, 5.74) is 11.0. The Balaban J connectivity index is 1.84. The van der Waals surface area contributed by atoms with Crippen molar-refractivity contribution in [2.45, 2.75) is 5.92 Å². The third-order valence-electron chi connectivity index (χ3n) is 5.23. The highest BCUT2D eigenvalue weighted by Gasteiger charge is 2.37. The second-order valence-corrected chi connectivity index (χ2v) is 7.02. The Morgan fingerprint density at radius 2 is 1.47 bits per heavy atom. The fourth-order valence-corrected chi connectivity index (χ4v) is 3.87. The molecule has 0 saturated carbocycles. The van der Waals surface area contributed by atoms with Crippen molar-refractivity contribution in [1.82, 2.24) is 9.78 Å². The third kappa shape index (κ3) is 2.83. The summed E-state index contributed by atoms with van der Waals surface area (Å²) in [5.74, 6) is 0.272. The molecule has 30 heavy (non-hydrogen) atoms. The fraction of sp³-hybridized carbons (Fsp3) is 0.0400. The summed E-state index contributed by atoms with van der Waals surface area (Å²) in [5, 5.41) is 14.8. The van der Waals surface area contributed by atoms with Gasteiger partial charge in [0.2, 0.25) is 11.8 Å². The highest BCUT2D eigenvalue weighted by atomic mass is 16.5. The van der Waals surface area contributed by atoms with Gasteiger partial charge in [-0.1, -0.05) is 78.9 Å². The second kappa shape index (κ2) is 7.26. The van der Waals surface area contributed by atoms with Crippen LogP contribution in [-0.4, -0.2) is 9.78 Å². The summed E-state index contributed by atoms with van der Waals surface area (Å²) in [7, 11) is 0. The summed E-state index contributed by atoms with van der Waals surface area (Å²) in [6.07, 6.45) is 0. The van der Waals surface area contributed by atoms with Crippen molar-refractivity contribution >= 4 is 0 Å². The molecule has 1 aliphatic rings. The highest BCUT2D eigenvalue weighted by molar-refractivity contribution is 5.72. The van der Waals surface area contributed by atoms with E-state index in [9.17, 15) is 5.26 Å². The van der Waals surface area contributed by atoms with Crippen LogP contribution in [-0.2, 0) is 0 Å². The first-order valence-electron chi connectivity index (χ1n) is 9.64. The second-order valence-electron chi connectivity index (χ2n) is 7.02. The molecule has 4 aromatic rings. The van der Waals surface area contributed by atoms with Gasteiger partial charge in [0.15, 0.2) is 0 Å². The molecule has 5 heteroatoms. The largest absolute Gasteiger partial charge is 0.422 e. The number of allylic oxidation sites excluding steroid dienone is 1. The molecule has 144 valence electrons. The number of nitrogens with two attached hydrogens (primary N) is 1. The van der Waals surface area contributed by atoms with E-state index in [1.165, 1.54) is 0 Å². The van der Waals surface area contributed by atoms with Crippen molar-refractivity contribution in [3.63, 3.8) is 0 Å². The summed E-state index contributed by atoms with van der Waals surface area (Å²) >= 11 is 0. The van der Waals surface area contributed by atoms with Crippen LogP contribution in [0.1, 0.15) is 17.0 Å². The lowest BCUT2D eigenvalue weighted by Crippen LogP contribution is -2.22. The van der Waals surface area contributed by atoms with Gasteiger partial charge in [0, 0.05) is 5.56 Å². The van der Waals surface area contributed by atoms with Crippen molar-refractivity contribution in [3.05, 3.63) is 114 Å². The highest BCUT2D eigenvalue weighted by Crippen LogP contribution is 2.47. The number of ether oxygens (including phenoxy) is 1. The third-order valence-corrected chi connectivity index (χ3v) is 5.23. The molecule has 3 aromatic carbocycles. The predicted octanol–water partition coefficient (Wildman–Crippen LogP) is 4.76. The van der Waals surface area contributed by atoms with Gasteiger partial charge < -0.3 is 10.5 Å². The molecule has 1 aromatic heterocycles. The van der Waals surface area contributed by atoms with Crippen LogP contribution in [0.4, 0.5) is 0 Å². The molecule has 0 unspecified atom stereocenters. The van der Waals surface area contributed by atoms with Gasteiger partial charge in [-0.15, -0.1) is 0 Å². The smallest absolute Gasteiger partial charge is 0.229 e. The minimum Gasteiger partial charge on any atom is -0.422 e. The van der Waals surface area contributed by atoms with E-state index in [4.69, 9.17) is 15.6 Å². The van der Waals surface area contributed by atoms with Gasteiger partial charge in [0.1, 0.15) is 17.3 Å². The van der Waals surface area contributed by atoms with E-state index in [0.29, 0.717) is 11.5 Å². The molecule has 2 heterocycles. The standard InChI is InChI=1S/C25H18N4O/c26-16-20-21(17-10-4-1-5-11-17)22-23(18-12-6-2-7-13-18)28-29(25(22)30-24(20)27)19-14-8-3-9-15-19/h1-15,21H,27H2/t21-/m0/s1. The van der Waals surface area contributed by atoms with E-state index in [1.54, 1.807) is 4.68 Å². The first kappa shape index (κ1) is 17.8. The van der Waals surface area contributed by atoms with Gasteiger partial charge in [0.25, 0.3) is 0 Å². The normalized spacial score (nSPS) is 15.2. The number of fused-ring (bicyclic) bond motifs is 1. The molecular weight excluding hydrogens is 372 g/mol. The molecule has 0 saturated heterocycles. The molecule has 0 fully saturated rings. The first-order chi connectivity index (χ1) is 14.8. The lowest BCUT2D eigenvalue weighted by Gasteiger charge is -2.25. The number of aromatic nitrogens is 2.